The monoisotopic (exact) mass is 292 g/mol. The zero-order valence-electron chi connectivity index (χ0n) is 10.2. The number of benzene rings is 1. The Kier molecular flexibility index (Phi) is 6.50. The number of halogens is 3. The van der Waals surface area contributed by atoms with Crippen LogP contribution in [0.2, 0.25) is 6.04 Å². The number of unbranched alkanes of at least 4 members (excludes halogenated alkanes) is 1. The molecule has 0 aromatic heterocycles. The van der Waals surface area contributed by atoms with Crippen LogP contribution in [0.4, 0.5) is 13.2 Å². The summed E-state index contributed by atoms with van der Waals surface area (Å²) < 4.78 is 42.0. The van der Waals surface area contributed by atoms with E-state index in [-0.39, 0.29) is 9.76 Å². The van der Waals surface area contributed by atoms with E-state index in [0.717, 1.165) is 25.0 Å². The minimum absolute atomic E-state index is 0.0113. The van der Waals surface area contributed by atoms with Gasteiger partial charge in [-0.15, -0.1) is 0 Å². The van der Waals surface area contributed by atoms with Gasteiger partial charge in [0.25, 0.3) is 6.48 Å². The van der Waals surface area contributed by atoms with Crippen molar-refractivity contribution in [3.05, 3.63) is 35.4 Å². The first-order valence-electron chi connectivity index (χ1n) is 5.80. The first-order valence-corrected chi connectivity index (χ1v) is 6.92. The van der Waals surface area contributed by atoms with Gasteiger partial charge >= 0.3 is 6.18 Å². The summed E-state index contributed by atoms with van der Waals surface area (Å²) in [5.41, 5.74) is 0.0277. The average molecular weight is 292 g/mol. The van der Waals surface area contributed by atoms with Gasteiger partial charge in [0.2, 0.25) is 9.76 Å². The molecule has 3 nitrogen and oxygen atoms in total. The highest BCUT2D eigenvalue weighted by Crippen LogP contribution is 2.29. The van der Waals surface area contributed by atoms with Gasteiger partial charge in [-0.25, -0.2) is 0 Å². The molecule has 2 N–H and O–H groups in total. The van der Waals surface area contributed by atoms with Crippen molar-refractivity contribution in [1.29, 1.82) is 0 Å². The number of alkyl halides is 3. The third-order valence-corrected chi connectivity index (χ3v) is 3.37. The number of hydrogen-bond acceptors (Lipinski definition) is 3. The molecular formula is C12H15F3O3Si. The highest BCUT2D eigenvalue weighted by atomic mass is 28.2. The van der Waals surface area contributed by atoms with Gasteiger partial charge in [0.05, 0.1) is 5.56 Å². The molecule has 0 atom stereocenters. The number of rotatable bonds is 7. The summed E-state index contributed by atoms with van der Waals surface area (Å²) in [6, 6.07) is 5.96. The molecule has 0 bridgehead atoms. The zero-order valence-corrected chi connectivity index (χ0v) is 11.2. The average Bonchev–Trinajstić information content (AvgIpc) is 2.32. The summed E-state index contributed by atoms with van der Waals surface area (Å²) in [5.74, 6) is 0. The standard InChI is InChI=1S/C12H15F3O3Si/c13-12(14,15)10-6-3-5-9(8-10)4-1-2-7-19-18-11(16)17/h3,5-6,8,11,16-17H,1-2,4,7H2. The quantitative estimate of drug-likeness (QED) is 0.461. The predicted octanol–water partition coefficient (Wildman–Crippen LogP) is 2.35. The highest BCUT2D eigenvalue weighted by Gasteiger charge is 2.30. The minimum Gasteiger partial charge on any atom is -0.372 e. The van der Waals surface area contributed by atoms with Crippen LogP contribution >= 0.6 is 0 Å². The van der Waals surface area contributed by atoms with Crippen LogP contribution in [-0.2, 0) is 17.0 Å². The van der Waals surface area contributed by atoms with Crippen LogP contribution in [0.5, 0.6) is 0 Å². The zero-order chi connectivity index (χ0) is 14.3. The molecule has 0 spiro atoms. The molecule has 0 saturated heterocycles. The summed E-state index contributed by atoms with van der Waals surface area (Å²) in [4.78, 5) is 0. The second-order valence-electron chi connectivity index (χ2n) is 3.99. The first kappa shape index (κ1) is 16.2. The molecular weight excluding hydrogens is 277 g/mol. The van der Waals surface area contributed by atoms with Gasteiger partial charge in [-0.1, -0.05) is 24.6 Å². The van der Waals surface area contributed by atoms with Crippen LogP contribution in [0.15, 0.2) is 24.3 Å². The number of aryl methyl sites for hydroxylation is 1. The highest BCUT2D eigenvalue weighted by molar-refractivity contribution is 6.26. The van der Waals surface area contributed by atoms with Gasteiger partial charge in [0.15, 0.2) is 0 Å². The maximum absolute atomic E-state index is 12.5. The Balaban J connectivity index is 2.30. The van der Waals surface area contributed by atoms with Crippen LogP contribution in [0.3, 0.4) is 0 Å². The van der Waals surface area contributed by atoms with Crippen molar-refractivity contribution < 1.29 is 27.8 Å². The molecule has 0 aliphatic carbocycles. The van der Waals surface area contributed by atoms with Crippen molar-refractivity contribution in [3.63, 3.8) is 0 Å². The van der Waals surface area contributed by atoms with Crippen molar-refractivity contribution in [2.24, 2.45) is 0 Å². The van der Waals surface area contributed by atoms with Crippen LogP contribution in [0, 0.1) is 0 Å². The lowest BCUT2D eigenvalue weighted by molar-refractivity contribution is -0.180. The van der Waals surface area contributed by atoms with E-state index < -0.39 is 18.2 Å². The van der Waals surface area contributed by atoms with Crippen LogP contribution < -0.4 is 0 Å². The van der Waals surface area contributed by atoms with E-state index in [1.165, 1.54) is 6.07 Å². The molecule has 1 aromatic rings. The van der Waals surface area contributed by atoms with Gasteiger partial charge in [0, 0.05) is 0 Å². The Morgan fingerprint density at radius 2 is 1.95 bits per heavy atom. The maximum atomic E-state index is 12.5. The second-order valence-corrected chi connectivity index (χ2v) is 5.02. The SMILES string of the molecule is OC(O)O[Si]CCCCc1cccc(C(F)(F)F)c1. The van der Waals surface area contributed by atoms with Crippen molar-refractivity contribution in [3.8, 4) is 0 Å². The van der Waals surface area contributed by atoms with E-state index in [1.54, 1.807) is 6.07 Å². The lowest BCUT2D eigenvalue weighted by Gasteiger charge is -2.08. The first-order chi connectivity index (χ1) is 8.89. The summed E-state index contributed by atoms with van der Waals surface area (Å²) in [6.07, 6.45) is -2.24. The number of aliphatic hydroxyl groups is 2. The van der Waals surface area contributed by atoms with Gasteiger partial charge in [-0.3, -0.25) is 0 Å². The molecule has 0 aliphatic rings. The van der Waals surface area contributed by atoms with Gasteiger partial charge in [-0.2, -0.15) is 13.2 Å². The van der Waals surface area contributed by atoms with E-state index in [4.69, 9.17) is 10.2 Å². The van der Waals surface area contributed by atoms with E-state index in [2.05, 4.69) is 4.43 Å². The summed E-state index contributed by atoms with van der Waals surface area (Å²) in [6.45, 7) is -1.75. The van der Waals surface area contributed by atoms with Crippen LogP contribution in [0.1, 0.15) is 24.0 Å². The van der Waals surface area contributed by atoms with Gasteiger partial charge in [-0.05, 0) is 30.5 Å². The molecule has 1 rings (SSSR count). The fraction of sp³-hybridized carbons (Fsp3) is 0.500. The summed E-state index contributed by atoms with van der Waals surface area (Å²) in [5, 5.41) is 16.9. The van der Waals surface area contributed by atoms with E-state index in [1.807, 2.05) is 0 Å². The molecule has 0 unspecified atom stereocenters. The lowest BCUT2D eigenvalue weighted by atomic mass is 10.1. The predicted molar refractivity (Wildman–Crippen MR) is 64.3 cm³/mol. The van der Waals surface area contributed by atoms with Crippen molar-refractivity contribution in [1.82, 2.24) is 0 Å². The largest absolute Gasteiger partial charge is 0.416 e. The molecule has 0 fully saturated rings. The van der Waals surface area contributed by atoms with Crippen molar-refractivity contribution in [2.75, 3.05) is 0 Å². The molecule has 2 radical (unpaired) electrons. The van der Waals surface area contributed by atoms with Crippen LogP contribution in [-0.4, -0.2) is 26.5 Å². The lowest BCUT2D eigenvalue weighted by Crippen LogP contribution is -2.13. The third-order valence-electron chi connectivity index (χ3n) is 2.44. The molecule has 7 heteroatoms. The van der Waals surface area contributed by atoms with Gasteiger partial charge < -0.3 is 14.6 Å². The topological polar surface area (TPSA) is 49.7 Å². The Labute approximate surface area is 112 Å². The Morgan fingerprint density at radius 1 is 1.21 bits per heavy atom. The molecule has 0 aliphatic heterocycles. The van der Waals surface area contributed by atoms with Crippen molar-refractivity contribution in [2.45, 2.75) is 38.0 Å². The van der Waals surface area contributed by atoms with E-state index in [9.17, 15) is 13.2 Å². The van der Waals surface area contributed by atoms with E-state index >= 15 is 0 Å². The Hall–Kier alpha value is -0.893. The smallest absolute Gasteiger partial charge is 0.372 e. The molecule has 0 amide bonds. The molecule has 1 aromatic carbocycles. The number of hydrogen-bond donors (Lipinski definition) is 2. The maximum Gasteiger partial charge on any atom is 0.416 e. The third kappa shape index (κ3) is 6.72. The molecule has 106 valence electrons. The molecule has 0 saturated carbocycles. The molecule has 0 heterocycles. The second kappa shape index (κ2) is 7.64. The fourth-order valence-electron chi connectivity index (χ4n) is 1.56. The van der Waals surface area contributed by atoms with Crippen molar-refractivity contribution >= 4 is 9.76 Å². The summed E-state index contributed by atoms with van der Waals surface area (Å²) >= 11 is 0. The van der Waals surface area contributed by atoms with Gasteiger partial charge in [0.1, 0.15) is 0 Å². The summed E-state index contributed by atoms with van der Waals surface area (Å²) in [7, 11) is -0.0113. The van der Waals surface area contributed by atoms with Crippen LogP contribution in [0.25, 0.3) is 0 Å². The normalized spacial score (nSPS) is 12.1. The Morgan fingerprint density at radius 3 is 2.58 bits per heavy atom. The molecule has 19 heavy (non-hydrogen) atoms. The Bertz CT molecular complexity index is 383. The number of aliphatic hydroxyl groups excluding tert-OH is 1. The van der Waals surface area contributed by atoms with E-state index in [0.29, 0.717) is 18.0 Å². The fourth-order valence-corrected chi connectivity index (χ4v) is 2.22. The minimum atomic E-state index is -4.30.